The predicted molar refractivity (Wildman–Crippen MR) is 225 cm³/mol. The molecule has 4 aromatic rings. The molecule has 0 amide bonds. The molecular weight excluding hydrogens is 782 g/mol. The summed E-state index contributed by atoms with van der Waals surface area (Å²) in [5, 5.41) is 0.844. The smallest absolute Gasteiger partial charge is 0.322 e. The van der Waals surface area contributed by atoms with Crippen molar-refractivity contribution in [1.29, 1.82) is 0 Å². The van der Waals surface area contributed by atoms with Gasteiger partial charge in [0.25, 0.3) is 11.1 Å². The molecule has 4 heterocycles. The molecule has 12 nitrogen and oxygen atoms in total. The lowest BCUT2D eigenvalue weighted by atomic mass is 10.1. The van der Waals surface area contributed by atoms with E-state index in [1.54, 1.807) is 12.1 Å². The van der Waals surface area contributed by atoms with Crippen LogP contribution in [0.3, 0.4) is 0 Å². The molecule has 4 aromatic carbocycles. The molecule has 58 heavy (non-hydrogen) atoms. The van der Waals surface area contributed by atoms with Crippen LogP contribution in [0.4, 0.5) is 4.39 Å². The van der Waals surface area contributed by atoms with Crippen LogP contribution < -0.4 is 22.5 Å². The fraction of sp³-hybridized carbons (Fsp3) is 0.256. The summed E-state index contributed by atoms with van der Waals surface area (Å²) in [5.41, 5.74) is 8.42. The van der Waals surface area contributed by atoms with Gasteiger partial charge in [-0.1, -0.05) is 41.4 Å². The first-order chi connectivity index (χ1) is 27.7. The first kappa shape index (κ1) is 40.2. The molecule has 0 bridgehead atoms. The zero-order valence-electron chi connectivity index (χ0n) is 32.5. The predicted octanol–water partition coefficient (Wildman–Crippen LogP) is 7.42. The number of nitrogens with zero attached hydrogens (tertiary/aromatic N) is 6. The number of hydrogen-bond donors (Lipinski definition) is 2. The minimum atomic E-state index is -0.702. The minimum absolute atomic E-state index is 0.0882. The summed E-state index contributed by atoms with van der Waals surface area (Å²) in [6.45, 7) is 11.1. The second-order valence-corrected chi connectivity index (χ2v) is 15.3. The standard InChI is InChI=1S/C22H21ClN4O2.C21H18ClFN4O2/c1-12-10-17-18(11-13(12)2)27(20-19(24-17)21(28)26-22(29)25-20)8-4-5-15-6-7-16(23)14(3)9-15;1-11-8-16-17(9-12(11)2)27(19-18(24-16)20(28)26-21(29)25-19)7-3-4-13-5-6-15(23)14(22)10-13/h6-7,9-11H,4-5,8H2,1-3H3,(H,26,28,29);5-6,8-10H,3-4,7H2,1-2H3,(H,26,28,29). The summed E-state index contributed by atoms with van der Waals surface area (Å²) in [6, 6.07) is 18.6. The number of benzene rings is 4. The summed E-state index contributed by atoms with van der Waals surface area (Å²) in [5.74, 6) is 0.126. The molecule has 0 unspecified atom stereocenters. The van der Waals surface area contributed by atoms with Crippen LogP contribution in [0.15, 0.2) is 79.8 Å². The number of aromatic amines is 2. The molecule has 4 aliphatic rings. The molecule has 4 aliphatic heterocycles. The van der Waals surface area contributed by atoms with E-state index in [0.29, 0.717) is 42.8 Å². The van der Waals surface area contributed by atoms with Crippen LogP contribution in [0.1, 0.15) is 51.8 Å². The summed E-state index contributed by atoms with van der Waals surface area (Å²) in [7, 11) is 0. The van der Waals surface area contributed by atoms with Crippen molar-refractivity contribution in [2.45, 2.75) is 73.4 Å². The maximum absolute atomic E-state index is 13.4. The Bertz CT molecular complexity index is 2860. The third-order valence-electron chi connectivity index (χ3n) is 10.3. The van der Waals surface area contributed by atoms with Crippen molar-refractivity contribution in [1.82, 2.24) is 39.0 Å². The molecule has 15 heteroatoms. The third-order valence-corrected chi connectivity index (χ3v) is 11.1. The van der Waals surface area contributed by atoms with Gasteiger partial charge in [0, 0.05) is 18.1 Å². The zero-order valence-corrected chi connectivity index (χ0v) is 34.0. The molecule has 0 aromatic heterocycles. The van der Waals surface area contributed by atoms with Gasteiger partial charge in [0.15, 0.2) is 23.0 Å². The quantitative estimate of drug-likeness (QED) is 0.150. The second-order valence-electron chi connectivity index (χ2n) is 14.5. The van der Waals surface area contributed by atoms with Gasteiger partial charge in [-0.15, -0.1) is 0 Å². The number of aromatic nitrogens is 8. The summed E-state index contributed by atoms with van der Waals surface area (Å²) < 4.78 is 17.2. The fourth-order valence-electron chi connectivity index (χ4n) is 6.99. The van der Waals surface area contributed by atoms with Crippen molar-refractivity contribution in [3.8, 4) is 23.0 Å². The van der Waals surface area contributed by atoms with E-state index in [1.807, 2.05) is 80.2 Å². The molecule has 0 saturated heterocycles. The lowest BCUT2D eigenvalue weighted by Crippen LogP contribution is -2.29. The SMILES string of the molecule is Cc1cc2nc3c(=O)[nH]c(=O)nc-3n(CCCc3ccc(Cl)c(C)c3)c2cc1C.Cc1cc2nc3c(=O)[nH]c(=O)nc-3n(CCCc3ccc(F)c(Cl)c3)c2cc1C. The number of halogens is 3. The van der Waals surface area contributed by atoms with Crippen molar-refractivity contribution in [2.75, 3.05) is 0 Å². The van der Waals surface area contributed by atoms with Crippen molar-refractivity contribution < 1.29 is 4.39 Å². The van der Waals surface area contributed by atoms with E-state index in [1.165, 1.54) is 11.6 Å². The van der Waals surface area contributed by atoms with E-state index in [2.05, 4.69) is 36.0 Å². The topological polar surface area (TPSA) is 161 Å². The fourth-order valence-corrected chi connectivity index (χ4v) is 7.31. The average Bonchev–Trinajstić information content (AvgIpc) is 3.16. The highest BCUT2D eigenvalue weighted by Crippen LogP contribution is 2.27. The molecule has 0 atom stereocenters. The van der Waals surface area contributed by atoms with Crippen LogP contribution >= 0.6 is 23.2 Å². The van der Waals surface area contributed by atoms with Crippen LogP contribution in [0.5, 0.6) is 0 Å². The van der Waals surface area contributed by atoms with Gasteiger partial charge in [-0.25, -0.2) is 23.9 Å². The third kappa shape index (κ3) is 8.32. The number of aryl methyl sites for hydroxylation is 9. The van der Waals surface area contributed by atoms with Gasteiger partial charge in [0.2, 0.25) is 0 Å². The summed E-state index contributed by atoms with van der Waals surface area (Å²) in [6.07, 6.45) is 2.98. The first-order valence-electron chi connectivity index (χ1n) is 18.7. The zero-order chi connectivity index (χ0) is 41.4. The molecule has 8 rings (SSSR count). The number of hydrogen-bond acceptors (Lipinski definition) is 8. The average molecular weight is 822 g/mol. The second kappa shape index (κ2) is 16.4. The Kier molecular flexibility index (Phi) is 11.4. The van der Waals surface area contributed by atoms with E-state index in [9.17, 15) is 23.6 Å². The monoisotopic (exact) mass is 820 g/mol. The Morgan fingerprint density at radius 1 is 0.552 bits per heavy atom. The van der Waals surface area contributed by atoms with Gasteiger partial charge in [-0.05, 0) is 142 Å². The van der Waals surface area contributed by atoms with Gasteiger partial charge in [0.1, 0.15) is 5.82 Å². The van der Waals surface area contributed by atoms with E-state index in [-0.39, 0.29) is 22.2 Å². The Hall–Kier alpha value is -6.05. The van der Waals surface area contributed by atoms with E-state index in [0.717, 1.165) is 62.3 Å². The number of fused-ring (bicyclic) bond motifs is 4. The number of H-pyrrole nitrogens is 2. The minimum Gasteiger partial charge on any atom is -0.322 e. The van der Waals surface area contributed by atoms with Crippen LogP contribution in [0.2, 0.25) is 10.0 Å². The van der Waals surface area contributed by atoms with Crippen LogP contribution in [-0.4, -0.2) is 39.0 Å². The van der Waals surface area contributed by atoms with E-state index >= 15 is 0 Å². The molecule has 0 fully saturated rings. The lowest BCUT2D eigenvalue weighted by molar-refractivity contribution is 0.624. The number of rotatable bonds is 8. The van der Waals surface area contributed by atoms with Crippen molar-refractivity contribution >= 4 is 45.3 Å². The Morgan fingerprint density at radius 2 is 1.00 bits per heavy atom. The summed E-state index contributed by atoms with van der Waals surface area (Å²) >= 11 is 12.0. The molecule has 0 radical (unpaired) electrons. The molecule has 0 aliphatic carbocycles. The molecular formula is C43H39Cl2FN8O4. The highest BCUT2D eigenvalue weighted by Gasteiger charge is 2.21. The van der Waals surface area contributed by atoms with E-state index < -0.39 is 28.3 Å². The van der Waals surface area contributed by atoms with Gasteiger partial charge in [0.05, 0.1) is 27.1 Å². The Labute approximate surface area is 341 Å². The van der Waals surface area contributed by atoms with Crippen molar-refractivity contribution in [3.63, 3.8) is 0 Å². The van der Waals surface area contributed by atoms with E-state index in [4.69, 9.17) is 23.2 Å². The molecule has 2 N–H and O–H groups in total. The molecule has 0 saturated carbocycles. The molecule has 0 spiro atoms. The van der Waals surface area contributed by atoms with Crippen LogP contribution in [0.25, 0.3) is 45.1 Å². The Balaban J connectivity index is 0.000000177. The maximum atomic E-state index is 13.4. The lowest BCUT2D eigenvalue weighted by Gasteiger charge is -2.18. The van der Waals surface area contributed by atoms with Gasteiger partial charge in [-0.3, -0.25) is 19.6 Å². The number of nitrogens with one attached hydrogen (secondary N) is 2. The highest BCUT2D eigenvalue weighted by atomic mass is 35.5. The van der Waals surface area contributed by atoms with Gasteiger partial charge >= 0.3 is 11.4 Å². The molecule has 296 valence electrons. The van der Waals surface area contributed by atoms with Crippen molar-refractivity contribution in [3.05, 3.63) is 157 Å². The Morgan fingerprint density at radius 3 is 1.47 bits per heavy atom. The van der Waals surface area contributed by atoms with Gasteiger partial charge < -0.3 is 9.13 Å². The maximum Gasteiger partial charge on any atom is 0.349 e. The first-order valence-corrected chi connectivity index (χ1v) is 19.4. The van der Waals surface area contributed by atoms with Crippen molar-refractivity contribution in [2.24, 2.45) is 0 Å². The largest absolute Gasteiger partial charge is 0.349 e. The van der Waals surface area contributed by atoms with Crippen LogP contribution in [-0.2, 0) is 25.9 Å². The van der Waals surface area contributed by atoms with Crippen LogP contribution in [0, 0.1) is 40.4 Å². The normalized spacial score (nSPS) is 11.4. The van der Waals surface area contributed by atoms with Gasteiger partial charge in [-0.2, -0.15) is 9.97 Å². The highest BCUT2D eigenvalue weighted by molar-refractivity contribution is 6.31. The summed E-state index contributed by atoms with van der Waals surface area (Å²) in [4.78, 5) is 69.7.